The third-order valence-corrected chi connectivity index (χ3v) is 4.10. The van der Waals surface area contributed by atoms with Crippen LogP contribution in [0.3, 0.4) is 0 Å². The number of benzene rings is 2. The van der Waals surface area contributed by atoms with Gasteiger partial charge in [0.2, 0.25) is 5.91 Å². The molecule has 0 radical (unpaired) electrons. The summed E-state index contributed by atoms with van der Waals surface area (Å²) >= 11 is 5.83. The number of amides is 2. The molecular weight excluding hydrogens is 352 g/mol. The molecule has 2 amide bonds. The fourth-order valence-corrected chi connectivity index (χ4v) is 2.37. The zero-order chi connectivity index (χ0) is 19.1. The first kappa shape index (κ1) is 19.8. The van der Waals surface area contributed by atoms with E-state index in [1.165, 1.54) is 0 Å². The van der Waals surface area contributed by atoms with Crippen LogP contribution in [0.5, 0.6) is 5.75 Å². The number of ether oxygens (including phenoxy) is 1. The quantitative estimate of drug-likeness (QED) is 0.802. The number of hydrogen-bond acceptors (Lipinski definition) is 3. The lowest BCUT2D eigenvalue weighted by atomic mass is 10.1. The van der Waals surface area contributed by atoms with Crippen LogP contribution < -0.4 is 10.1 Å². The summed E-state index contributed by atoms with van der Waals surface area (Å²) in [6.07, 6.45) is 0.486. The largest absolute Gasteiger partial charge is 0.481 e. The Morgan fingerprint density at radius 1 is 1.08 bits per heavy atom. The minimum absolute atomic E-state index is 0.0931. The molecule has 138 valence electrons. The lowest BCUT2D eigenvalue weighted by Gasteiger charge is -2.15. The normalized spacial score (nSPS) is 11.5. The van der Waals surface area contributed by atoms with Crippen molar-refractivity contribution in [2.45, 2.75) is 25.9 Å². The van der Waals surface area contributed by atoms with Gasteiger partial charge in [0.25, 0.3) is 5.91 Å². The Labute approximate surface area is 158 Å². The Balaban J connectivity index is 1.86. The molecule has 0 heterocycles. The van der Waals surface area contributed by atoms with Crippen LogP contribution in [-0.4, -0.2) is 36.9 Å². The van der Waals surface area contributed by atoms with E-state index >= 15 is 0 Å². The average Bonchev–Trinajstić information content (AvgIpc) is 2.62. The maximum absolute atomic E-state index is 12.2. The Kier molecular flexibility index (Phi) is 7.04. The Morgan fingerprint density at radius 2 is 1.69 bits per heavy atom. The molecule has 0 aliphatic heterocycles. The zero-order valence-electron chi connectivity index (χ0n) is 15.2. The molecule has 1 N–H and O–H groups in total. The molecule has 0 aliphatic rings. The third kappa shape index (κ3) is 6.08. The third-order valence-electron chi connectivity index (χ3n) is 3.84. The van der Waals surface area contributed by atoms with Crippen molar-refractivity contribution in [2.24, 2.45) is 0 Å². The topological polar surface area (TPSA) is 58.6 Å². The number of carbonyl (C=O) groups is 2. The lowest BCUT2D eigenvalue weighted by molar-refractivity contribution is -0.128. The van der Waals surface area contributed by atoms with Crippen LogP contribution in [0.1, 0.15) is 18.9 Å². The van der Waals surface area contributed by atoms with Gasteiger partial charge in [0.15, 0.2) is 6.10 Å². The maximum Gasteiger partial charge on any atom is 0.265 e. The molecule has 0 saturated carbocycles. The van der Waals surface area contributed by atoms with Crippen LogP contribution in [0.15, 0.2) is 48.5 Å². The number of hydrogen-bond donors (Lipinski definition) is 1. The van der Waals surface area contributed by atoms with Gasteiger partial charge in [-0.05, 0) is 55.3 Å². The number of carbonyl (C=O) groups excluding carboxylic acids is 2. The van der Waals surface area contributed by atoms with Gasteiger partial charge in [-0.25, -0.2) is 0 Å². The van der Waals surface area contributed by atoms with Gasteiger partial charge in [-0.3, -0.25) is 9.59 Å². The molecule has 0 spiro atoms. The highest BCUT2D eigenvalue weighted by atomic mass is 35.5. The van der Waals surface area contributed by atoms with Gasteiger partial charge in [0, 0.05) is 31.2 Å². The molecule has 0 aliphatic carbocycles. The van der Waals surface area contributed by atoms with E-state index in [0.717, 1.165) is 5.56 Å². The minimum Gasteiger partial charge on any atom is -0.481 e. The van der Waals surface area contributed by atoms with Gasteiger partial charge in [-0.1, -0.05) is 23.7 Å². The highest BCUT2D eigenvalue weighted by molar-refractivity contribution is 6.30. The summed E-state index contributed by atoms with van der Waals surface area (Å²) in [5.41, 5.74) is 1.73. The van der Waals surface area contributed by atoms with Crippen molar-refractivity contribution < 1.29 is 14.3 Å². The molecule has 2 aromatic rings. The second-order valence-corrected chi connectivity index (χ2v) is 6.62. The summed E-state index contributed by atoms with van der Waals surface area (Å²) in [5, 5.41) is 3.43. The highest BCUT2D eigenvalue weighted by Gasteiger charge is 2.15. The van der Waals surface area contributed by atoms with Crippen LogP contribution >= 0.6 is 11.6 Å². The average molecular weight is 375 g/mol. The molecule has 5 nitrogen and oxygen atoms in total. The van der Waals surface area contributed by atoms with E-state index < -0.39 is 6.10 Å². The molecule has 0 fully saturated rings. The second kappa shape index (κ2) is 9.25. The van der Waals surface area contributed by atoms with Gasteiger partial charge in [-0.2, -0.15) is 0 Å². The molecular formula is C20H23ClN2O3. The van der Waals surface area contributed by atoms with Gasteiger partial charge in [0.1, 0.15) is 5.75 Å². The fraction of sp³-hybridized carbons (Fsp3) is 0.300. The predicted molar refractivity (Wildman–Crippen MR) is 104 cm³/mol. The first-order valence-electron chi connectivity index (χ1n) is 8.37. The summed E-state index contributed by atoms with van der Waals surface area (Å²) in [5.74, 6) is 0.434. The molecule has 2 rings (SSSR count). The summed E-state index contributed by atoms with van der Waals surface area (Å²) in [7, 11) is 3.49. The Hall–Kier alpha value is -2.53. The van der Waals surface area contributed by atoms with Crippen LogP contribution in [-0.2, 0) is 16.0 Å². The van der Waals surface area contributed by atoms with E-state index in [9.17, 15) is 9.59 Å². The minimum atomic E-state index is -0.645. The van der Waals surface area contributed by atoms with Gasteiger partial charge < -0.3 is 15.0 Å². The van der Waals surface area contributed by atoms with Crippen molar-refractivity contribution in [3.63, 3.8) is 0 Å². The molecule has 1 unspecified atom stereocenters. The van der Waals surface area contributed by atoms with Crippen molar-refractivity contribution in [1.29, 1.82) is 0 Å². The Morgan fingerprint density at radius 3 is 2.27 bits per heavy atom. The number of anilines is 1. The van der Waals surface area contributed by atoms with Gasteiger partial charge in [-0.15, -0.1) is 0 Å². The summed E-state index contributed by atoms with van der Waals surface area (Å²) in [4.78, 5) is 25.4. The van der Waals surface area contributed by atoms with Crippen molar-refractivity contribution >= 4 is 29.1 Å². The van der Waals surface area contributed by atoms with E-state index in [1.807, 2.05) is 24.3 Å². The smallest absolute Gasteiger partial charge is 0.265 e. The van der Waals surface area contributed by atoms with Crippen LogP contribution in [0.4, 0.5) is 5.69 Å². The van der Waals surface area contributed by atoms with E-state index in [2.05, 4.69) is 5.32 Å². The predicted octanol–water partition coefficient (Wildman–Crippen LogP) is 3.77. The fourth-order valence-electron chi connectivity index (χ4n) is 2.24. The summed E-state index contributed by atoms with van der Waals surface area (Å²) in [6.45, 7) is 1.69. The van der Waals surface area contributed by atoms with E-state index in [0.29, 0.717) is 29.3 Å². The molecule has 0 bridgehead atoms. The monoisotopic (exact) mass is 374 g/mol. The van der Waals surface area contributed by atoms with Crippen LogP contribution in [0.2, 0.25) is 5.02 Å². The standard InChI is InChI=1S/C20H23ClN2O3/c1-14(26-18-11-7-16(21)8-12-18)20(25)22-17-9-4-15(5-10-17)6-13-19(24)23(2)3/h4-5,7-12,14H,6,13H2,1-3H3,(H,22,25). The maximum atomic E-state index is 12.2. The zero-order valence-corrected chi connectivity index (χ0v) is 15.9. The lowest BCUT2D eigenvalue weighted by Crippen LogP contribution is -2.30. The van der Waals surface area contributed by atoms with Crippen LogP contribution in [0.25, 0.3) is 0 Å². The Bertz CT molecular complexity index is 743. The van der Waals surface area contributed by atoms with Crippen molar-refractivity contribution in [3.8, 4) is 5.75 Å². The van der Waals surface area contributed by atoms with Crippen molar-refractivity contribution in [3.05, 3.63) is 59.1 Å². The van der Waals surface area contributed by atoms with Gasteiger partial charge in [0.05, 0.1) is 0 Å². The van der Waals surface area contributed by atoms with E-state index in [-0.39, 0.29) is 11.8 Å². The SMILES string of the molecule is CC(Oc1ccc(Cl)cc1)C(=O)Nc1ccc(CCC(=O)N(C)C)cc1. The van der Waals surface area contributed by atoms with E-state index in [4.69, 9.17) is 16.3 Å². The molecule has 0 saturated heterocycles. The molecule has 2 aromatic carbocycles. The number of nitrogens with one attached hydrogen (secondary N) is 1. The number of rotatable bonds is 7. The van der Waals surface area contributed by atoms with Crippen LogP contribution in [0, 0.1) is 0 Å². The first-order valence-corrected chi connectivity index (χ1v) is 8.75. The number of nitrogens with zero attached hydrogens (tertiary/aromatic N) is 1. The molecule has 6 heteroatoms. The van der Waals surface area contributed by atoms with Gasteiger partial charge >= 0.3 is 0 Å². The number of aryl methyl sites for hydroxylation is 1. The van der Waals surface area contributed by atoms with E-state index in [1.54, 1.807) is 50.2 Å². The molecule has 1 atom stereocenters. The highest BCUT2D eigenvalue weighted by Crippen LogP contribution is 2.18. The number of halogens is 1. The second-order valence-electron chi connectivity index (χ2n) is 6.19. The first-order chi connectivity index (χ1) is 12.3. The van der Waals surface area contributed by atoms with Crippen molar-refractivity contribution in [1.82, 2.24) is 4.90 Å². The molecule has 26 heavy (non-hydrogen) atoms. The summed E-state index contributed by atoms with van der Waals surface area (Å²) in [6, 6.07) is 14.3. The van der Waals surface area contributed by atoms with Crippen molar-refractivity contribution in [2.75, 3.05) is 19.4 Å². The molecule has 0 aromatic heterocycles. The summed E-state index contributed by atoms with van der Waals surface area (Å²) < 4.78 is 5.60.